The van der Waals surface area contributed by atoms with Crippen LogP contribution in [0.25, 0.3) is 0 Å². The molecule has 1 amide bonds. The lowest BCUT2D eigenvalue weighted by Gasteiger charge is -2.14. The highest BCUT2D eigenvalue weighted by atomic mass is 32.2. The van der Waals surface area contributed by atoms with Gasteiger partial charge in [0, 0.05) is 30.1 Å². The van der Waals surface area contributed by atoms with Gasteiger partial charge in [-0.15, -0.1) is 11.8 Å². The Morgan fingerprint density at radius 3 is 2.76 bits per heavy atom. The number of nitrogens with one attached hydrogen (secondary N) is 2. The topological polar surface area (TPSA) is 84.3 Å². The normalized spacial score (nSPS) is 14.4. The van der Waals surface area contributed by atoms with Crippen LogP contribution in [0.4, 0.5) is 5.69 Å². The van der Waals surface area contributed by atoms with Crippen molar-refractivity contribution in [2.24, 2.45) is 0 Å². The molecule has 1 heterocycles. The highest BCUT2D eigenvalue weighted by Gasteiger charge is 2.08. The zero-order valence-electron chi connectivity index (χ0n) is 11.5. The Bertz CT molecular complexity index is 543. The van der Waals surface area contributed by atoms with Crippen LogP contribution in [-0.2, 0) is 4.79 Å². The first-order valence-corrected chi connectivity index (χ1v) is 7.66. The molecule has 0 unspecified atom stereocenters. The summed E-state index contributed by atoms with van der Waals surface area (Å²) in [5, 5.41) is 16.6. The molecule has 0 radical (unpaired) electrons. The van der Waals surface area contributed by atoms with Gasteiger partial charge in [0.1, 0.15) is 0 Å². The third-order valence-electron chi connectivity index (χ3n) is 3.09. The van der Waals surface area contributed by atoms with Gasteiger partial charge in [-0.3, -0.25) is 14.9 Å². The first kappa shape index (κ1) is 15.5. The fraction of sp³-hybridized carbons (Fsp3) is 0.357. The second-order valence-electron chi connectivity index (χ2n) is 4.63. The molecule has 6 nitrogen and oxygen atoms in total. The van der Waals surface area contributed by atoms with Crippen molar-refractivity contribution in [3.05, 3.63) is 46.0 Å². The molecule has 0 bridgehead atoms. The van der Waals surface area contributed by atoms with Crippen LogP contribution >= 0.6 is 11.8 Å². The monoisotopic (exact) mass is 307 g/mol. The Labute approximate surface area is 127 Å². The van der Waals surface area contributed by atoms with Gasteiger partial charge in [-0.1, -0.05) is 11.6 Å². The van der Waals surface area contributed by atoms with Crippen LogP contribution in [0.3, 0.4) is 0 Å². The number of nitro benzene ring substituents is 1. The Hall–Kier alpha value is -1.86. The van der Waals surface area contributed by atoms with Gasteiger partial charge in [-0.2, -0.15) is 0 Å². The predicted octanol–water partition coefficient (Wildman–Crippen LogP) is 1.72. The van der Waals surface area contributed by atoms with Gasteiger partial charge in [-0.05, 0) is 25.1 Å². The summed E-state index contributed by atoms with van der Waals surface area (Å²) in [6.45, 7) is 2.42. The second-order valence-corrected chi connectivity index (χ2v) is 5.68. The summed E-state index contributed by atoms with van der Waals surface area (Å²) in [6.07, 6.45) is 3.07. The molecule has 112 valence electrons. The lowest BCUT2D eigenvalue weighted by molar-refractivity contribution is -0.384. The van der Waals surface area contributed by atoms with E-state index in [4.69, 9.17) is 0 Å². The number of nitro groups is 1. The molecule has 2 N–H and O–H groups in total. The molecule has 21 heavy (non-hydrogen) atoms. The van der Waals surface area contributed by atoms with Crippen LogP contribution in [0, 0.1) is 10.1 Å². The molecule has 1 aromatic carbocycles. The summed E-state index contributed by atoms with van der Waals surface area (Å²) in [5.41, 5.74) is 1.31. The van der Waals surface area contributed by atoms with Crippen molar-refractivity contribution in [1.29, 1.82) is 0 Å². The molecule has 0 aromatic heterocycles. The summed E-state index contributed by atoms with van der Waals surface area (Å²) < 4.78 is 0. The van der Waals surface area contributed by atoms with E-state index >= 15 is 0 Å². The Balaban J connectivity index is 1.73. The standard InChI is InChI=1S/C14H17N3O3S/c18-14(16-9-11-5-7-15-8-6-11)10-21-13-3-1-12(2-4-13)17(19)20/h1-5,15H,6-10H2,(H,16,18). The molecule has 1 aromatic rings. The van der Waals surface area contributed by atoms with Gasteiger partial charge in [-0.25, -0.2) is 0 Å². The minimum absolute atomic E-state index is 0.0298. The quantitative estimate of drug-likeness (QED) is 0.362. The van der Waals surface area contributed by atoms with Crippen LogP contribution in [0.1, 0.15) is 6.42 Å². The first-order valence-electron chi connectivity index (χ1n) is 6.68. The van der Waals surface area contributed by atoms with E-state index in [9.17, 15) is 14.9 Å². The fourth-order valence-electron chi connectivity index (χ4n) is 1.91. The Morgan fingerprint density at radius 2 is 2.14 bits per heavy atom. The number of carbonyl (C=O) groups excluding carboxylic acids is 1. The molecule has 0 aliphatic carbocycles. The van der Waals surface area contributed by atoms with Gasteiger partial charge in [0.15, 0.2) is 0 Å². The van der Waals surface area contributed by atoms with E-state index in [1.165, 1.54) is 29.5 Å². The van der Waals surface area contributed by atoms with Crippen LogP contribution < -0.4 is 10.6 Å². The number of benzene rings is 1. The molecule has 7 heteroatoms. The molecular formula is C14H17N3O3S. The van der Waals surface area contributed by atoms with Gasteiger partial charge in [0.25, 0.3) is 5.69 Å². The largest absolute Gasteiger partial charge is 0.352 e. The van der Waals surface area contributed by atoms with Crippen molar-refractivity contribution >= 4 is 23.4 Å². The first-order chi connectivity index (χ1) is 10.1. The van der Waals surface area contributed by atoms with Crippen molar-refractivity contribution in [3.8, 4) is 0 Å². The average molecular weight is 307 g/mol. The zero-order chi connectivity index (χ0) is 15.1. The molecule has 0 atom stereocenters. The van der Waals surface area contributed by atoms with E-state index in [2.05, 4.69) is 16.7 Å². The van der Waals surface area contributed by atoms with E-state index in [0.717, 1.165) is 24.4 Å². The SMILES string of the molecule is O=C(CSc1ccc([N+](=O)[O-])cc1)NCC1=CCNCC1. The maximum atomic E-state index is 11.8. The van der Waals surface area contributed by atoms with Crippen LogP contribution in [0.2, 0.25) is 0 Å². The highest BCUT2D eigenvalue weighted by molar-refractivity contribution is 8.00. The molecule has 0 saturated carbocycles. The van der Waals surface area contributed by atoms with Crippen LogP contribution in [0.15, 0.2) is 40.8 Å². The molecule has 1 aliphatic heterocycles. The summed E-state index contributed by atoms with van der Waals surface area (Å²) in [7, 11) is 0. The number of nitrogens with zero attached hydrogens (tertiary/aromatic N) is 1. The van der Waals surface area contributed by atoms with E-state index in [-0.39, 0.29) is 11.6 Å². The highest BCUT2D eigenvalue weighted by Crippen LogP contribution is 2.21. The maximum absolute atomic E-state index is 11.8. The maximum Gasteiger partial charge on any atom is 0.269 e. The third-order valence-corrected chi connectivity index (χ3v) is 4.10. The number of hydrogen-bond acceptors (Lipinski definition) is 5. The lowest BCUT2D eigenvalue weighted by atomic mass is 10.1. The number of thioether (sulfide) groups is 1. The summed E-state index contributed by atoms with van der Waals surface area (Å²) >= 11 is 1.37. The van der Waals surface area contributed by atoms with Crippen molar-refractivity contribution in [3.63, 3.8) is 0 Å². The second kappa shape index (κ2) is 7.80. The molecule has 0 spiro atoms. The number of carbonyl (C=O) groups is 1. The van der Waals surface area contributed by atoms with Crippen molar-refractivity contribution in [1.82, 2.24) is 10.6 Å². The number of hydrogen-bond donors (Lipinski definition) is 2. The van der Waals surface area contributed by atoms with Crippen LogP contribution in [-0.4, -0.2) is 36.2 Å². The van der Waals surface area contributed by atoms with Crippen molar-refractivity contribution in [2.45, 2.75) is 11.3 Å². The van der Waals surface area contributed by atoms with Crippen LogP contribution in [0.5, 0.6) is 0 Å². The number of amides is 1. The molecule has 1 aliphatic rings. The van der Waals surface area contributed by atoms with Gasteiger partial charge in [0.2, 0.25) is 5.91 Å². The predicted molar refractivity (Wildman–Crippen MR) is 82.4 cm³/mol. The Morgan fingerprint density at radius 1 is 1.38 bits per heavy atom. The fourth-order valence-corrected chi connectivity index (χ4v) is 2.63. The van der Waals surface area contributed by atoms with E-state index < -0.39 is 4.92 Å². The lowest BCUT2D eigenvalue weighted by Crippen LogP contribution is -2.30. The molecule has 2 rings (SSSR count). The van der Waals surface area contributed by atoms with Gasteiger partial charge in [0.05, 0.1) is 10.7 Å². The Kier molecular flexibility index (Phi) is 5.77. The molecule has 0 fully saturated rings. The molecular weight excluding hydrogens is 290 g/mol. The average Bonchev–Trinajstić information content (AvgIpc) is 2.52. The summed E-state index contributed by atoms with van der Waals surface area (Å²) in [6, 6.07) is 6.21. The number of rotatable bonds is 6. The smallest absolute Gasteiger partial charge is 0.269 e. The van der Waals surface area contributed by atoms with Gasteiger partial charge >= 0.3 is 0 Å². The summed E-state index contributed by atoms with van der Waals surface area (Å²) in [5.74, 6) is 0.279. The van der Waals surface area contributed by atoms with Gasteiger partial charge < -0.3 is 10.6 Å². The van der Waals surface area contributed by atoms with E-state index in [1.54, 1.807) is 12.1 Å². The summed E-state index contributed by atoms with van der Waals surface area (Å²) in [4.78, 5) is 22.7. The van der Waals surface area contributed by atoms with Crippen molar-refractivity contribution < 1.29 is 9.72 Å². The minimum Gasteiger partial charge on any atom is -0.352 e. The molecule has 0 saturated heterocycles. The van der Waals surface area contributed by atoms with E-state index in [1.807, 2.05) is 0 Å². The van der Waals surface area contributed by atoms with Crippen molar-refractivity contribution in [2.75, 3.05) is 25.4 Å². The third kappa shape index (κ3) is 5.20. The minimum atomic E-state index is -0.437. The zero-order valence-corrected chi connectivity index (χ0v) is 12.3. The number of non-ortho nitro benzene ring substituents is 1. The van der Waals surface area contributed by atoms with E-state index in [0.29, 0.717) is 12.3 Å².